The summed E-state index contributed by atoms with van der Waals surface area (Å²) >= 11 is 0. The van der Waals surface area contributed by atoms with E-state index in [1.54, 1.807) is 7.11 Å². The van der Waals surface area contributed by atoms with Crippen LogP contribution in [0.15, 0.2) is 66.7 Å². The largest absolute Gasteiger partial charge is 0.497 e. The topological polar surface area (TPSA) is 41.6 Å². The third-order valence-electron chi connectivity index (χ3n) is 5.75. The highest BCUT2D eigenvalue weighted by atomic mass is 16.5. The number of fused-ring (bicyclic) bond motifs is 1. The van der Waals surface area contributed by atoms with Gasteiger partial charge in [-0.15, -0.1) is 0 Å². The normalized spacial score (nSPS) is 15.3. The van der Waals surface area contributed by atoms with Crippen molar-refractivity contribution in [2.24, 2.45) is 0 Å². The Bertz CT molecular complexity index is 962. The number of hydrogen-bond acceptors (Lipinski definition) is 3. The zero-order valence-corrected chi connectivity index (χ0v) is 16.9. The molecule has 3 aromatic carbocycles. The van der Waals surface area contributed by atoms with Gasteiger partial charge in [0.1, 0.15) is 5.75 Å². The molecule has 1 saturated heterocycles. The summed E-state index contributed by atoms with van der Waals surface area (Å²) in [7, 11) is 1.68. The highest BCUT2D eigenvalue weighted by Gasteiger charge is 2.24. The molecular formula is C25H28N2O2. The van der Waals surface area contributed by atoms with E-state index in [1.807, 2.05) is 30.3 Å². The summed E-state index contributed by atoms with van der Waals surface area (Å²) in [4.78, 5) is 15.1. The molecule has 0 aliphatic carbocycles. The van der Waals surface area contributed by atoms with Crippen LogP contribution in [-0.4, -0.2) is 37.6 Å². The van der Waals surface area contributed by atoms with Crippen LogP contribution in [-0.2, 0) is 11.2 Å². The van der Waals surface area contributed by atoms with Gasteiger partial charge in [0.05, 0.1) is 19.6 Å². The Labute approximate surface area is 172 Å². The Kier molecular flexibility index (Phi) is 6.11. The van der Waals surface area contributed by atoms with Gasteiger partial charge in [0.2, 0.25) is 5.91 Å². The van der Waals surface area contributed by atoms with Crippen molar-refractivity contribution < 1.29 is 9.53 Å². The number of carbonyl (C=O) groups is 1. The molecule has 1 aliphatic heterocycles. The molecule has 4 nitrogen and oxygen atoms in total. The zero-order chi connectivity index (χ0) is 20.1. The van der Waals surface area contributed by atoms with Gasteiger partial charge in [-0.3, -0.25) is 9.69 Å². The van der Waals surface area contributed by atoms with Gasteiger partial charge in [-0.1, -0.05) is 54.6 Å². The van der Waals surface area contributed by atoms with Crippen LogP contribution in [0.25, 0.3) is 10.8 Å². The number of rotatable bonds is 7. The Morgan fingerprint density at radius 3 is 2.45 bits per heavy atom. The quantitative estimate of drug-likeness (QED) is 0.654. The maximum Gasteiger partial charge on any atom is 0.224 e. The molecule has 0 bridgehead atoms. The molecule has 29 heavy (non-hydrogen) atoms. The van der Waals surface area contributed by atoms with Crippen LogP contribution in [0.3, 0.4) is 0 Å². The van der Waals surface area contributed by atoms with Crippen molar-refractivity contribution in [2.75, 3.05) is 26.7 Å². The highest BCUT2D eigenvalue weighted by Crippen LogP contribution is 2.26. The fraction of sp³-hybridized carbons (Fsp3) is 0.320. The van der Waals surface area contributed by atoms with Crippen molar-refractivity contribution in [1.82, 2.24) is 10.2 Å². The van der Waals surface area contributed by atoms with Gasteiger partial charge in [-0.25, -0.2) is 0 Å². The number of ether oxygens (including phenoxy) is 1. The summed E-state index contributed by atoms with van der Waals surface area (Å²) in [6.45, 7) is 2.78. The Balaban J connectivity index is 1.42. The van der Waals surface area contributed by atoms with Crippen molar-refractivity contribution in [3.8, 4) is 5.75 Å². The first-order valence-electron chi connectivity index (χ1n) is 10.4. The third-order valence-corrected chi connectivity index (χ3v) is 5.75. The van der Waals surface area contributed by atoms with Crippen LogP contribution >= 0.6 is 0 Å². The van der Waals surface area contributed by atoms with E-state index in [0.717, 1.165) is 24.4 Å². The molecule has 4 rings (SSSR count). The summed E-state index contributed by atoms with van der Waals surface area (Å²) in [5.74, 6) is 0.923. The summed E-state index contributed by atoms with van der Waals surface area (Å²) in [5, 5.41) is 5.54. The first kappa shape index (κ1) is 19.5. The number of benzene rings is 3. The maximum atomic E-state index is 12.6. The lowest BCUT2D eigenvalue weighted by Crippen LogP contribution is -2.37. The van der Waals surface area contributed by atoms with Gasteiger partial charge in [-0.05, 0) is 60.0 Å². The molecule has 0 spiro atoms. The predicted octanol–water partition coefficient (Wildman–Crippen LogP) is 4.34. The van der Waals surface area contributed by atoms with Crippen LogP contribution in [0.2, 0.25) is 0 Å². The predicted molar refractivity (Wildman–Crippen MR) is 117 cm³/mol. The van der Waals surface area contributed by atoms with E-state index in [2.05, 4.69) is 46.6 Å². The number of amides is 1. The highest BCUT2D eigenvalue weighted by molar-refractivity contribution is 5.85. The summed E-state index contributed by atoms with van der Waals surface area (Å²) < 4.78 is 5.29. The minimum absolute atomic E-state index is 0.0676. The second-order valence-electron chi connectivity index (χ2n) is 7.69. The Morgan fingerprint density at radius 1 is 1.00 bits per heavy atom. The Hall–Kier alpha value is -2.85. The molecule has 150 valence electrons. The van der Waals surface area contributed by atoms with Crippen molar-refractivity contribution in [3.63, 3.8) is 0 Å². The molecule has 1 amide bonds. The average molecular weight is 389 g/mol. The van der Waals surface area contributed by atoms with Gasteiger partial charge < -0.3 is 10.1 Å². The van der Waals surface area contributed by atoms with E-state index >= 15 is 0 Å². The second kappa shape index (κ2) is 9.10. The molecule has 1 N–H and O–H groups in total. The van der Waals surface area contributed by atoms with Crippen molar-refractivity contribution in [1.29, 1.82) is 0 Å². The van der Waals surface area contributed by atoms with Crippen molar-refractivity contribution in [2.45, 2.75) is 25.3 Å². The molecule has 0 saturated carbocycles. The van der Waals surface area contributed by atoms with Crippen LogP contribution in [0.5, 0.6) is 5.75 Å². The second-order valence-corrected chi connectivity index (χ2v) is 7.69. The number of nitrogens with zero attached hydrogens (tertiary/aromatic N) is 1. The SMILES string of the molecule is COc1ccc(C(CNC(=O)Cc2ccc3ccccc3c2)N2CCCC2)cc1. The molecule has 4 heteroatoms. The zero-order valence-electron chi connectivity index (χ0n) is 16.9. The molecule has 1 fully saturated rings. The number of nitrogens with one attached hydrogen (secondary N) is 1. The first-order chi connectivity index (χ1) is 14.2. The van der Waals surface area contributed by atoms with Gasteiger partial charge in [0.15, 0.2) is 0 Å². The molecule has 0 radical (unpaired) electrons. The minimum Gasteiger partial charge on any atom is -0.497 e. The van der Waals surface area contributed by atoms with Crippen LogP contribution in [0.4, 0.5) is 0 Å². The molecule has 1 heterocycles. The fourth-order valence-corrected chi connectivity index (χ4v) is 4.14. The number of carbonyl (C=O) groups excluding carboxylic acids is 1. The number of likely N-dealkylation sites (tertiary alicyclic amines) is 1. The lowest BCUT2D eigenvalue weighted by atomic mass is 10.0. The number of hydrogen-bond donors (Lipinski definition) is 1. The van der Waals surface area contributed by atoms with E-state index in [1.165, 1.54) is 29.2 Å². The number of methoxy groups -OCH3 is 1. The standard InChI is InChI=1S/C25H28N2O2/c1-29-23-12-10-21(11-13-23)24(27-14-4-5-15-27)18-26-25(28)17-19-8-9-20-6-2-3-7-22(20)16-19/h2-3,6-13,16,24H,4-5,14-15,17-18H2,1H3,(H,26,28). The van der Waals surface area contributed by atoms with Gasteiger partial charge in [0.25, 0.3) is 0 Å². The first-order valence-corrected chi connectivity index (χ1v) is 10.4. The van der Waals surface area contributed by atoms with Gasteiger partial charge in [-0.2, -0.15) is 0 Å². The average Bonchev–Trinajstić information content (AvgIpc) is 3.29. The molecule has 3 aromatic rings. The van der Waals surface area contributed by atoms with Crippen LogP contribution < -0.4 is 10.1 Å². The monoisotopic (exact) mass is 388 g/mol. The lowest BCUT2D eigenvalue weighted by molar-refractivity contribution is -0.120. The summed E-state index contributed by atoms with van der Waals surface area (Å²) in [5.41, 5.74) is 2.27. The lowest BCUT2D eigenvalue weighted by Gasteiger charge is -2.28. The maximum absolute atomic E-state index is 12.6. The fourth-order valence-electron chi connectivity index (χ4n) is 4.14. The Morgan fingerprint density at radius 2 is 1.72 bits per heavy atom. The molecule has 1 aliphatic rings. The minimum atomic E-state index is 0.0676. The summed E-state index contributed by atoms with van der Waals surface area (Å²) in [6, 6.07) is 22.9. The van der Waals surface area contributed by atoms with Crippen molar-refractivity contribution >= 4 is 16.7 Å². The van der Waals surface area contributed by atoms with Crippen molar-refractivity contribution in [3.05, 3.63) is 77.9 Å². The van der Waals surface area contributed by atoms with E-state index in [9.17, 15) is 4.79 Å². The third kappa shape index (κ3) is 4.77. The molecule has 1 unspecified atom stereocenters. The van der Waals surface area contributed by atoms with Gasteiger partial charge in [0, 0.05) is 6.54 Å². The summed E-state index contributed by atoms with van der Waals surface area (Å²) in [6.07, 6.45) is 2.84. The van der Waals surface area contributed by atoms with E-state index in [0.29, 0.717) is 13.0 Å². The van der Waals surface area contributed by atoms with Crippen LogP contribution in [0.1, 0.15) is 30.0 Å². The van der Waals surface area contributed by atoms with Gasteiger partial charge >= 0.3 is 0 Å². The van der Waals surface area contributed by atoms with E-state index in [4.69, 9.17) is 4.74 Å². The molecule has 0 aromatic heterocycles. The van der Waals surface area contributed by atoms with E-state index in [-0.39, 0.29) is 11.9 Å². The van der Waals surface area contributed by atoms with Crippen LogP contribution in [0, 0.1) is 0 Å². The smallest absolute Gasteiger partial charge is 0.224 e. The molecule has 1 atom stereocenters. The molecular weight excluding hydrogens is 360 g/mol. The van der Waals surface area contributed by atoms with E-state index < -0.39 is 0 Å².